The lowest BCUT2D eigenvalue weighted by Gasteiger charge is -2.29. The van der Waals surface area contributed by atoms with Gasteiger partial charge in [-0.2, -0.15) is 0 Å². The van der Waals surface area contributed by atoms with Gasteiger partial charge in [0, 0.05) is 18.4 Å². The molecule has 0 saturated heterocycles. The van der Waals surface area contributed by atoms with Gasteiger partial charge >= 0.3 is 0 Å². The molecule has 3 rings (SSSR count). The SMILES string of the molecule is O=C1c2ccccc2NCC2CCC=CN12. The van der Waals surface area contributed by atoms with E-state index in [4.69, 9.17) is 0 Å². The predicted molar refractivity (Wildman–Crippen MR) is 63.3 cm³/mol. The van der Waals surface area contributed by atoms with Gasteiger partial charge in [-0.1, -0.05) is 18.2 Å². The van der Waals surface area contributed by atoms with Gasteiger partial charge in [-0.3, -0.25) is 4.79 Å². The lowest BCUT2D eigenvalue weighted by atomic mass is 10.1. The zero-order valence-electron chi connectivity index (χ0n) is 9.02. The molecule has 0 aliphatic carbocycles. The van der Waals surface area contributed by atoms with Crippen molar-refractivity contribution >= 4 is 11.6 Å². The minimum absolute atomic E-state index is 0.113. The van der Waals surface area contributed by atoms with Crippen LogP contribution in [0.4, 0.5) is 5.69 Å². The predicted octanol–water partition coefficient (Wildman–Crippen LogP) is 2.23. The maximum absolute atomic E-state index is 12.3. The summed E-state index contributed by atoms with van der Waals surface area (Å²) in [6.07, 6.45) is 6.11. The van der Waals surface area contributed by atoms with E-state index in [1.807, 2.05) is 35.4 Å². The largest absolute Gasteiger partial charge is 0.382 e. The van der Waals surface area contributed by atoms with Crippen LogP contribution in [0.1, 0.15) is 23.2 Å². The van der Waals surface area contributed by atoms with Crippen LogP contribution in [0.5, 0.6) is 0 Å². The number of amides is 1. The van der Waals surface area contributed by atoms with E-state index in [9.17, 15) is 4.79 Å². The molecule has 1 aromatic carbocycles. The average Bonchev–Trinajstić information content (AvgIpc) is 2.49. The summed E-state index contributed by atoms with van der Waals surface area (Å²) >= 11 is 0. The number of hydrogen-bond acceptors (Lipinski definition) is 2. The number of carbonyl (C=O) groups is 1. The maximum Gasteiger partial charge on any atom is 0.260 e. The van der Waals surface area contributed by atoms with Gasteiger partial charge in [-0.25, -0.2) is 0 Å². The highest BCUT2D eigenvalue weighted by Crippen LogP contribution is 2.26. The number of benzene rings is 1. The Bertz CT molecular complexity index is 453. The summed E-state index contributed by atoms with van der Waals surface area (Å²) in [6.45, 7) is 0.840. The number of allylic oxidation sites excluding steroid dienone is 1. The molecule has 0 saturated carbocycles. The first-order chi connectivity index (χ1) is 7.86. The minimum Gasteiger partial charge on any atom is -0.382 e. The molecule has 1 N–H and O–H groups in total. The number of anilines is 1. The molecule has 82 valence electrons. The van der Waals surface area contributed by atoms with E-state index in [-0.39, 0.29) is 5.91 Å². The molecule has 1 atom stereocenters. The first kappa shape index (κ1) is 9.46. The summed E-state index contributed by atoms with van der Waals surface area (Å²) in [5, 5.41) is 3.36. The van der Waals surface area contributed by atoms with Gasteiger partial charge < -0.3 is 10.2 Å². The minimum atomic E-state index is 0.113. The molecule has 2 aliphatic heterocycles. The van der Waals surface area contributed by atoms with Crippen LogP contribution in [-0.2, 0) is 0 Å². The summed E-state index contributed by atoms with van der Waals surface area (Å²) < 4.78 is 0. The van der Waals surface area contributed by atoms with Gasteiger partial charge in [0.1, 0.15) is 0 Å². The highest BCUT2D eigenvalue weighted by atomic mass is 16.2. The van der Waals surface area contributed by atoms with Gasteiger partial charge in [0.2, 0.25) is 0 Å². The van der Waals surface area contributed by atoms with Crippen molar-refractivity contribution in [2.24, 2.45) is 0 Å². The van der Waals surface area contributed by atoms with Crippen LogP contribution in [0.15, 0.2) is 36.5 Å². The zero-order valence-corrected chi connectivity index (χ0v) is 9.02. The molecule has 0 spiro atoms. The van der Waals surface area contributed by atoms with E-state index < -0.39 is 0 Å². The van der Waals surface area contributed by atoms with Crippen molar-refractivity contribution < 1.29 is 4.79 Å². The fourth-order valence-electron chi connectivity index (χ4n) is 2.36. The van der Waals surface area contributed by atoms with E-state index in [1.165, 1.54) is 0 Å². The van der Waals surface area contributed by atoms with Crippen LogP contribution >= 0.6 is 0 Å². The van der Waals surface area contributed by atoms with E-state index in [2.05, 4.69) is 11.4 Å². The lowest BCUT2D eigenvalue weighted by Crippen LogP contribution is -2.39. The molecular weight excluding hydrogens is 200 g/mol. The summed E-state index contributed by atoms with van der Waals surface area (Å²) in [5.74, 6) is 0.113. The fraction of sp³-hybridized carbons (Fsp3) is 0.308. The van der Waals surface area contributed by atoms with Crippen molar-refractivity contribution in [1.82, 2.24) is 4.90 Å². The highest BCUT2D eigenvalue weighted by Gasteiger charge is 2.28. The number of hydrogen-bond donors (Lipinski definition) is 1. The first-order valence-corrected chi connectivity index (χ1v) is 5.68. The second-order valence-corrected chi connectivity index (χ2v) is 4.25. The van der Waals surface area contributed by atoms with Crippen molar-refractivity contribution in [3.63, 3.8) is 0 Å². The Morgan fingerprint density at radius 3 is 3.12 bits per heavy atom. The summed E-state index contributed by atoms with van der Waals surface area (Å²) in [7, 11) is 0. The smallest absolute Gasteiger partial charge is 0.260 e. The molecule has 0 radical (unpaired) electrons. The Morgan fingerprint density at radius 1 is 1.31 bits per heavy atom. The van der Waals surface area contributed by atoms with Gasteiger partial charge in [0.05, 0.1) is 11.6 Å². The Kier molecular flexibility index (Phi) is 2.17. The molecule has 3 nitrogen and oxygen atoms in total. The molecule has 2 heterocycles. The molecule has 1 unspecified atom stereocenters. The molecule has 16 heavy (non-hydrogen) atoms. The van der Waals surface area contributed by atoms with Crippen LogP contribution in [0, 0.1) is 0 Å². The molecule has 1 aromatic rings. The van der Waals surface area contributed by atoms with Crippen molar-refractivity contribution in [3.8, 4) is 0 Å². The van der Waals surface area contributed by atoms with Crippen LogP contribution in [0.3, 0.4) is 0 Å². The van der Waals surface area contributed by atoms with Gasteiger partial charge in [0.15, 0.2) is 0 Å². The van der Waals surface area contributed by atoms with Crippen LogP contribution in [0.2, 0.25) is 0 Å². The van der Waals surface area contributed by atoms with E-state index >= 15 is 0 Å². The summed E-state index contributed by atoms with van der Waals surface area (Å²) in [5.41, 5.74) is 1.73. The second kappa shape index (κ2) is 3.67. The zero-order chi connectivity index (χ0) is 11.0. The molecule has 1 amide bonds. The van der Waals surface area contributed by atoms with Crippen molar-refractivity contribution in [2.75, 3.05) is 11.9 Å². The maximum atomic E-state index is 12.3. The van der Waals surface area contributed by atoms with Gasteiger partial charge in [-0.15, -0.1) is 0 Å². The quantitative estimate of drug-likeness (QED) is 0.718. The Morgan fingerprint density at radius 2 is 2.19 bits per heavy atom. The number of para-hydroxylation sites is 1. The monoisotopic (exact) mass is 214 g/mol. The standard InChI is InChI=1S/C13H14N2O/c16-13-11-6-1-2-7-12(11)14-9-10-5-3-4-8-15(10)13/h1-2,4,6-8,10,14H,3,5,9H2. The summed E-state index contributed by atoms with van der Waals surface area (Å²) in [6, 6.07) is 8.02. The highest BCUT2D eigenvalue weighted by molar-refractivity contribution is 6.01. The lowest BCUT2D eigenvalue weighted by molar-refractivity contribution is 0.0767. The normalized spacial score (nSPS) is 23.1. The van der Waals surface area contributed by atoms with E-state index in [0.29, 0.717) is 6.04 Å². The van der Waals surface area contributed by atoms with Crippen molar-refractivity contribution in [1.29, 1.82) is 0 Å². The molecule has 3 heteroatoms. The van der Waals surface area contributed by atoms with Crippen molar-refractivity contribution in [2.45, 2.75) is 18.9 Å². The summed E-state index contributed by atoms with van der Waals surface area (Å²) in [4.78, 5) is 14.2. The molecular formula is C13H14N2O. The molecule has 0 aromatic heterocycles. The van der Waals surface area contributed by atoms with E-state index in [0.717, 1.165) is 30.6 Å². The number of rotatable bonds is 0. The average molecular weight is 214 g/mol. The Labute approximate surface area is 94.8 Å². The Hall–Kier alpha value is -1.77. The van der Waals surface area contributed by atoms with Gasteiger partial charge in [0.25, 0.3) is 5.91 Å². The first-order valence-electron chi connectivity index (χ1n) is 5.68. The third kappa shape index (κ3) is 1.40. The van der Waals surface area contributed by atoms with Crippen LogP contribution in [0.25, 0.3) is 0 Å². The Balaban J connectivity index is 2.05. The number of nitrogens with one attached hydrogen (secondary N) is 1. The number of fused-ring (bicyclic) bond motifs is 2. The molecule has 2 aliphatic rings. The second-order valence-electron chi connectivity index (χ2n) is 4.25. The third-order valence-electron chi connectivity index (χ3n) is 3.25. The number of carbonyl (C=O) groups excluding carboxylic acids is 1. The third-order valence-corrected chi connectivity index (χ3v) is 3.25. The molecule has 0 bridgehead atoms. The fourth-order valence-corrected chi connectivity index (χ4v) is 2.36. The van der Waals surface area contributed by atoms with Crippen molar-refractivity contribution in [3.05, 3.63) is 42.1 Å². The molecule has 0 fully saturated rings. The van der Waals surface area contributed by atoms with Crippen LogP contribution < -0.4 is 5.32 Å². The topological polar surface area (TPSA) is 32.3 Å². The van der Waals surface area contributed by atoms with Gasteiger partial charge in [-0.05, 0) is 25.0 Å². The number of nitrogens with zero attached hydrogens (tertiary/aromatic N) is 1. The van der Waals surface area contributed by atoms with Crippen LogP contribution in [-0.4, -0.2) is 23.4 Å². The van der Waals surface area contributed by atoms with E-state index in [1.54, 1.807) is 0 Å².